The zero-order chi connectivity index (χ0) is 23.0. The number of rotatable bonds is 7. The van der Waals surface area contributed by atoms with E-state index < -0.39 is 10.0 Å². The lowest BCUT2D eigenvalue weighted by Crippen LogP contribution is -2.28. The van der Waals surface area contributed by atoms with Crippen LogP contribution in [-0.4, -0.2) is 42.8 Å². The molecular formula is C23H24ClIN2O4S. The molecule has 0 spiro atoms. The van der Waals surface area contributed by atoms with Gasteiger partial charge in [-0.1, -0.05) is 11.6 Å². The molecule has 9 heteroatoms. The molecule has 0 saturated carbocycles. The monoisotopic (exact) mass is 586 g/mol. The van der Waals surface area contributed by atoms with Crippen LogP contribution in [0.1, 0.15) is 31.7 Å². The van der Waals surface area contributed by atoms with Gasteiger partial charge in [0.1, 0.15) is 12.0 Å². The molecule has 0 radical (unpaired) electrons. The van der Waals surface area contributed by atoms with Gasteiger partial charge in [-0.3, -0.25) is 0 Å². The van der Waals surface area contributed by atoms with Gasteiger partial charge < -0.3 is 14.1 Å². The maximum atomic E-state index is 13.2. The highest BCUT2D eigenvalue weighted by Crippen LogP contribution is 2.39. The molecule has 0 aliphatic carbocycles. The number of aldehydes is 1. The van der Waals surface area contributed by atoms with E-state index in [0.29, 0.717) is 30.3 Å². The minimum absolute atomic E-state index is 0.00119. The van der Waals surface area contributed by atoms with Crippen molar-refractivity contribution in [2.75, 3.05) is 13.1 Å². The summed E-state index contributed by atoms with van der Waals surface area (Å²) < 4.78 is 36.5. The van der Waals surface area contributed by atoms with E-state index in [4.69, 9.17) is 16.3 Å². The van der Waals surface area contributed by atoms with E-state index in [0.717, 1.165) is 26.3 Å². The standard InChI is InChI=1S/C23H24ClIN2O4S/c1-15(2)31-18-3-5-19(6-4-18)32(29,30)27-8-7-16(13-27)20-14-26(9-10-28)22-12-17(25)11-21(24)23(20)22/h3-6,10-12,14-16H,7-9,13H2,1-2H3. The van der Waals surface area contributed by atoms with Crippen molar-refractivity contribution in [3.8, 4) is 5.75 Å². The zero-order valence-electron chi connectivity index (χ0n) is 17.8. The molecule has 1 atom stereocenters. The molecule has 1 aliphatic heterocycles. The van der Waals surface area contributed by atoms with Crippen LogP contribution in [0.3, 0.4) is 0 Å². The summed E-state index contributed by atoms with van der Waals surface area (Å²) in [6.45, 7) is 4.88. The normalized spacial score (nSPS) is 17.3. The second-order valence-corrected chi connectivity index (χ2v) is 11.8. The number of hydrogen-bond acceptors (Lipinski definition) is 4. The molecule has 2 heterocycles. The van der Waals surface area contributed by atoms with Gasteiger partial charge >= 0.3 is 0 Å². The third-order valence-electron chi connectivity index (χ3n) is 5.62. The van der Waals surface area contributed by atoms with Crippen molar-refractivity contribution in [1.82, 2.24) is 8.87 Å². The van der Waals surface area contributed by atoms with Gasteiger partial charge in [-0.25, -0.2) is 8.42 Å². The highest BCUT2D eigenvalue weighted by Gasteiger charge is 2.35. The Morgan fingerprint density at radius 1 is 1.25 bits per heavy atom. The highest BCUT2D eigenvalue weighted by molar-refractivity contribution is 14.1. The first-order valence-corrected chi connectivity index (χ1v) is 13.3. The van der Waals surface area contributed by atoms with Crippen LogP contribution in [0.2, 0.25) is 5.02 Å². The summed E-state index contributed by atoms with van der Waals surface area (Å²) in [7, 11) is -3.62. The number of carbonyl (C=O) groups is 1. The van der Waals surface area contributed by atoms with Crippen molar-refractivity contribution < 1.29 is 17.9 Å². The summed E-state index contributed by atoms with van der Waals surface area (Å²) in [5.74, 6) is 0.645. The number of carbonyl (C=O) groups excluding carboxylic acids is 1. The fourth-order valence-electron chi connectivity index (χ4n) is 4.23. The summed E-state index contributed by atoms with van der Waals surface area (Å²) >= 11 is 8.78. The number of halogens is 2. The molecule has 4 rings (SSSR count). The Kier molecular flexibility index (Phi) is 6.86. The molecule has 0 bridgehead atoms. The van der Waals surface area contributed by atoms with Crippen LogP contribution < -0.4 is 4.74 Å². The molecule has 0 N–H and O–H groups in total. The number of hydrogen-bond donors (Lipinski definition) is 0. The Morgan fingerprint density at radius 2 is 1.97 bits per heavy atom. The van der Waals surface area contributed by atoms with Crippen molar-refractivity contribution in [2.24, 2.45) is 0 Å². The molecule has 0 amide bonds. The van der Waals surface area contributed by atoms with Crippen molar-refractivity contribution in [3.05, 3.63) is 56.8 Å². The second kappa shape index (κ2) is 9.32. The fraction of sp³-hybridized carbons (Fsp3) is 0.348. The summed E-state index contributed by atoms with van der Waals surface area (Å²) in [6, 6.07) is 10.5. The summed E-state index contributed by atoms with van der Waals surface area (Å²) in [4.78, 5) is 11.4. The Hall–Kier alpha value is -1.62. The Morgan fingerprint density at radius 3 is 2.62 bits per heavy atom. The van der Waals surface area contributed by atoms with E-state index in [1.54, 1.807) is 24.3 Å². The van der Waals surface area contributed by atoms with Crippen LogP contribution in [0.15, 0.2) is 47.5 Å². The molecule has 170 valence electrons. The van der Waals surface area contributed by atoms with E-state index in [1.807, 2.05) is 36.7 Å². The quantitative estimate of drug-likeness (QED) is 0.287. The first-order valence-electron chi connectivity index (χ1n) is 10.4. The Bertz CT molecular complexity index is 1260. The molecule has 3 aromatic rings. The molecule has 1 aromatic heterocycles. The first kappa shape index (κ1) is 23.5. The van der Waals surface area contributed by atoms with E-state index in [2.05, 4.69) is 22.6 Å². The topological polar surface area (TPSA) is 68.6 Å². The predicted octanol–water partition coefficient (Wildman–Crippen LogP) is 5.06. The molecule has 1 unspecified atom stereocenters. The molecule has 1 fully saturated rings. The number of fused-ring (bicyclic) bond motifs is 1. The van der Waals surface area contributed by atoms with Crippen LogP contribution in [0.4, 0.5) is 0 Å². The fourth-order valence-corrected chi connectivity index (χ4v) is 6.84. The van der Waals surface area contributed by atoms with Crippen LogP contribution in [0.5, 0.6) is 5.75 Å². The zero-order valence-corrected chi connectivity index (χ0v) is 21.5. The van der Waals surface area contributed by atoms with Gasteiger partial charge in [0.25, 0.3) is 0 Å². The Labute approximate surface area is 206 Å². The van der Waals surface area contributed by atoms with Gasteiger partial charge in [-0.05, 0) is 84.8 Å². The largest absolute Gasteiger partial charge is 0.491 e. The van der Waals surface area contributed by atoms with E-state index in [9.17, 15) is 13.2 Å². The van der Waals surface area contributed by atoms with Crippen LogP contribution >= 0.6 is 34.2 Å². The molecule has 2 aromatic carbocycles. The number of sulfonamides is 1. The number of ether oxygens (including phenoxy) is 1. The van der Waals surface area contributed by atoms with Crippen molar-refractivity contribution >= 4 is 61.4 Å². The third-order valence-corrected chi connectivity index (χ3v) is 8.42. The van der Waals surface area contributed by atoms with Crippen molar-refractivity contribution in [3.63, 3.8) is 0 Å². The summed E-state index contributed by atoms with van der Waals surface area (Å²) in [5.41, 5.74) is 1.88. The van der Waals surface area contributed by atoms with Crippen molar-refractivity contribution in [2.45, 2.75) is 43.7 Å². The lowest BCUT2D eigenvalue weighted by molar-refractivity contribution is -0.108. The Balaban J connectivity index is 1.62. The first-order chi connectivity index (χ1) is 15.2. The third kappa shape index (κ3) is 4.55. The summed E-state index contributed by atoms with van der Waals surface area (Å²) in [6.07, 6.45) is 3.51. The lowest BCUT2D eigenvalue weighted by atomic mass is 9.98. The molecule has 1 saturated heterocycles. The van der Waals surface area contributed by atoms with Crippen LogP contribution in [-0.2, 0) is 21.4 Å². The van der Waals surface area contributed by atoms with E-state index >= 15 is 0 Å². The van der Waals surface area contributed by atoms with Crippen molar-refractivity contribution in [1.29, 1.82) is 0 Å². The summed E-state index contributed by atoms with van der Waals surface area (Å²) in [5, 5.41) is 1.52. The van der Waals surface area contributed by atoms with Crippen LogP contribution in [0.25, 0.3) is 10.9 Å². The van der Waals surface area contributed by atoms with Gasteiger partial charge in [0, 0.05) is 34.2 Å². The van der Waals surface area contributed by atoms with Crippen LogP contribution in [0, 0.1) is 3.57 Å². The smallest absolute Gasteiger partial charge is 0.243 e. The molecule has 1 aliphatic rings. The van der Waals surface area contributed by atoms with E-state index in [-0.39, 0.29) is 23.5 Å². The number of aromatic nitrogens is 1. The molecule has 32 heavy (non-hydrogen) atoms. The molecule has 6 nitrogen and oxygen atoms in total. The van der Waals surface area contributed by atoms with Gasteiger partial charge in [0.2, 0.25) is 10.0 Å². The minimum Gasteiger partial charge on any atom is -0.491 e. The maximum Gasteiger partial charge on any atom is 0.243 e. The minimum atomic E-state index is -3.62. The lowest BCUT2D eigenvalue weighted by Gasteiger charge is -2.17. The number of benzene rings is 2. The van der Waals surface area contributed by atoms with E-state index in [1.165, 1.54) is 4.31 Å². The van der Waals surface area contributed by atoms with Gasteiger partial charge in [0.05, 0.1) is 28.1 Å². The second-order valence-electron chi connectivity index (χ2n) is 8.17. The maximum absolute atomic E-state index is 13.2. The van der Waals surface area contributed by atoms with Gasteiger partial charge in [-0.2, -0.15) is 4.31 Å². The van der Waals surface area contributed by atoms with Gasteiger partial charge in [-0.15, -0.1) is 0 Å². The highest BCUT2D eigenvalue weighted by atomic mass is 127. The number of nitrogens with zero attached hydrogens (tertiary/aromatic N) is 2. The average molecular weight is 587 g/mol. The average Bonchev–Trinajstić information content (AvgIpc) is 3.34. The SMILES string of the molecule is CC(C)Oc1ccc(S(=O)(=O)N2CCC(c3cn(CC=O)c4cc(I)cc(Cl)c34)C2)cc1. The van der Waals surface area contributed by atoms with Gasteiger partial charge in [0.15, 0.2) is 0 Å². The predicted molar refractivity (Wildman–Crippen MR) is 134 cm³/mol. The molecular weight excluding hydrogens is 563 g/mol.